The van der Waals surface area contributed by atoms with Gasteiger partial charge in [-0.15, -0.1) is 0 Å². The second-order valence-corrected chi connectivity index (χ2v) is 3.77. The van der Waals surface area contributed by atoms with E-state index in [4.69, 9.17) is 4.74 Å². The number of likely N-dealkylation sites (N-methyl/N-ethyl adjacent to an activating group) is 1. The third-order valence-corrected chi connectivity index (χ3v) is 2.34. The third kappa shape index (κ3) is 4.89. The van der Waals surface area contributed by atoms with Crippen LogP contribution in [0.4, 0.5) is 0 Å². The minimum Gasteiger partial charge on any atom is -0.452 e. The van der Waals surface area contributed by atoms with Crippen molar-refractivity contribution >= 4 is 24.1 Å². The molecular weight excluding hydrogens is 264 g/mol. The summed E-state index contributed by atoms with van der Waals surface area (Å²) >= 11 is 0. The molecule has 106 valence electrons. The number of aldehydes is 1. The zero-order valence-corrected chi connectivity index (χ0v) is 10.8. The van der Waals surface area contributed by atoms with Crippen LogP contribution in [0.3, 0.4) is 0 Å². The first-order chi connectivity index (χ1) is 9.56. The van der Waals surface area contributed by atoms with Crippen LogP contribution in [0.25, 0.3) is 0 Å². The maximum absolute atomic E-state index is 11.6. The summed E-state index contributed by atoms with van der Waals surface area (Å²) in [7, 11) is 1.44. The SMILES string of the molecule is CNC(=O)CNC(=O)COC(=O)c1ccc(C=O)cc1. The van der Waals surface area contributed by atoms with Gasteiger partial charge in [0.2, 0.25) is 5.91 Å². The lowest BCUT2D eigenvalue weighted by atomic mass is 10.1. The fraction of sp³-hybridized carbons (Fsp3) is 0.231. The van der Waals surface area contributed by atoms with E-state index in [1.165, 1.54) is 31.3 Å². The van der Waals surface area contributed by atoms with Gasteiger partial charge < -0.3 is 15.4 Å². The number of carbonyl (C=O) groups excluding carboxylic acids is 4. The highest BCUT2D eigenvalue weighted by molar-refractivity contribution is 5.92. The highest BCUT2D eigenvalue weighted by Crippen LogP contribution is 2.04. The number of nitrogens with one attached hydrogen (secondary N) is 2. The van der Waals surface area contributed by atoms with E-state index < -0.39 is 18.5 Å². The Morgan fingerprint density at radius 1 is 1.15 bits per heavy atom. The number of esters is 1. The maximum atomic E-state index is 11.6. The zero-order chi connectivity index (χ0) is 15.0. The predicted molar refractivity (Wildman–Crippen MR) is 69.2 cm³/mol. The molecule has 1 rings (SSSR count). The quantitative estimate of drug-likeness (QED) is 0.540. The van der Waals surface area contributed by atoms with E-state index in [2.05, 4.69) is 10.6 Å². The molecule has 0 fully saturated rings. The van der Waals surface area contributed by atoms with Crippen molar-refractivity contribution in [1.82, 2.24) is 10.6 Å². The summed E-state index contributed by atoms with van der Waals surface area (Å²) in [5.41, 5.74) is 0.666. The Morgan fingerprint density at radius 3 is 2.35 bits per heavy atom. The Balaban J connectivity index is 2.40. The highest BCUT2D eigenvalue weighted by Gasteiger charge is 2.10. The molecule has 0 aromatic heterocycles. The van der Waals surface area contributed by atoms with Gasteiger partial charge >= 0.3 is 5.97 Å². The van der Waals surface area contributed by atoms with Gasteiger partial charge in [-0.1, -0.05) is 12.1 Å². The molecule has 7 heteroatoms. The first-order valence-corrected chi connectivity index (χ1v) is 5.76. The Morgan fingerprint density at radius 2 is 1.80 bits per heavy atom. The van der Waals surface area contributed by atoms with Gasteiger partial charge in [0.25, 0.3) is 5.91 Å². The molecule has 0 heterocycles. The number of amides is 2. The number of benzene rings is 1. The summed E-state index contributed by atoms with van der Waals surface area (Å²) in [5, 5.41) is 4.62. The zero-order valence-electron chi connectivity index (χ0n) is 10.8. The van der Waals surface area contributed by atoms with Crippen LogP contribution in [-0.4, -0.2) is 44.3 Å². The van der Waals surface area contributed by atoms with E-state index in [0.29, 0.717) is 11.8 Å². The monoisotopic (exact) mass is 278 g/mol. The van der Waals surface area contributed by atoms with Crippen LogP contribution in [0.2, 0.25) is 0 Å². The first-order valence-electron chi connectivity index (χ1n) is 5.76. The van der Waals surface area contributed by atoms with Crippen molar-refractivity contribution in [2.24, 2.45) is 0 Å². The topological polar surface area (TPSA) is 102 Å². The average molecular weight is 278 g/mol. The van der Waals surface area contributed by atoms with Crippen LogP contribution in [0.5, 0.6) is 0 Å². The van der Waals surface area contributed by atoms with Gasteiger partial charge in [0.15, 0.2) is 6.61 Å². The molecule has 2 amide bonds. The third-order valence-electron chi connectivity index (χ3n) is 2.34. The summed E-state index contributed by atoms with van der Waals surface area (Å²) in [6.07, 6.45) is 0.654. The molecule has 0 aliphatic carbocycles. The van der Waals surface area contributed by atoms with Crippen molar-refractivity contribution in [2.45, 2.75) is 0 Å². The molecule has 20 heavy (non-hydrogen) atoms. The molecular formula is C13H14N2O5. The van der Waals surface area contributed by atoms with E-state index in [0.717, 1.165) is 0 Å². The van der Waals surface area contributed by atoms with Gasteiger partial charge in [0.05, 0.1) is 12.1 Å². The molecule has 7 nitrogen and oxygen atoms in total. The molecule has 2 N–H and O–H groups in total. The standard InChI is InChI=1S/C13H14N2O5/c1-14-11(17)6-15-12(18)8-20-13(19)10-4-2-9(7-16)3-5-10/h2-5,7H,6,8H2,1H3,(H,14,17)(H,15,18). The van der Waals surface area contributed by atoms with Crippen molar-refractivity contribution < 1.29 is 23.9 Å². The number of ether oxygens (including phenoxy) is 1. The Kier molecular flexibility index (Phi) is 5.89. The number of hydrogen-bond donors (Lipinski definition) is 2. The Bertz CT molecular complexity index is 510. The van der Waals surface area contributed by atoms with Crippen molar-refractivity contribution in [1.29, 1.82) is 0 Å². The summed E-state index contributed by atoms with van der Waals surface area (Å²) in [4.78, 5) is 44.2. The van der Waals surface area contributed by atoms with Gasteiger partial charge in [0.1, 0.15) is 6.29 Å². The normalized spacial score (nSPS) is 9.45. The van der Waals surface area contributed by atoms with Crippen molar-refractivity contribution in [3.8, 4) is 0 Å². The second-order valence-electron chi connectivity index (χ2n) is 3.77. The molecule has 0 spiro atoms. The van der Waals surface area contributed by atoms with Gasteiger partial charge in [-0.25, -0.2) is 4.79 Å². The molecule has 0 aliphatic rings. The summed E-state index contributed by atoms with van der Waals surface area (Å²) in [5.74, 6) is -1.61. The predicted octanol–water partition coefficient (Wildman–Crippen LogP) is -0.482. The summed E-state index contributed by atoms with van der Waals surface area (Å²) < 4.78 is 4.76. The summed E-state index contributed by atoms with van der Waals surface area (Å²) in [6, 6.07) is 5.79. The van der Waals surface area contributed by atoms with E-state index in [1.54, 1.807) is 0 Å². The van der Waals surface area contributed by atoms with Crippen molar-refractivity contribution in [2.75, 3.05) is 20.2 Å². The molecule has 0 aliphatic heterocycles. The van der Waals surface area contributed by atoms with Gasteiger partial charge in [-0.05, 0) is 12.1 Å². The van der Waals surface area contributed by atoms with Crippen LogP contribution in [0.15, 0.2) is 24.3 Å². The number of rotatable bonds is 6. The van der Waals surface area contributed by atoms with Gasteiger partial charge in [-0.2, -0.15) is 0 Å². The lowest BCUT2D eigenvalue weighted by Crippen LogP contribution is -2.37. The smallest absolute Gasteiger partial charge is 0.338 e. The largest absolute Gasteiger partial charge is 0.452 e. The molecule has 1 aromatic rings. The lowest BCUT2D eigenvalue weighted by Gasteiger charge is -2.06. The van der Waals surface area contributed by atoms with Crippen LogP contribution < -0.4 is 10.6 Å². The molecule has 0 radical (unpaired) electrons. The minimum absolute atomic E-state index is 0.180. The number of hydrogen-bond acceptors (Lipinski definition) is 5. The molecule has 0 atom stereocenters. The molecule has 0 saturated heterocycles. The molecule has 0 saturated carbocycles. The van der Waals surface area contributed by atoms with Gasteiger partial charge in [0, 0.05) is 12.6 Å². The molecule has 1 aromatic carbocycles. The molecule has 0 bridgehead atoms. The van der Waals surface area contributed by atoms with Crippen molar-refractivity contribution in [3.63, 3.8) is 0 Å². The average Bonchev–Trinajstić information content (AvgIpc) is 2.50. The maximum Gasteiger partial charge on any atom is 0.338 e. The molecule has 0 unspecified atom stereocenters. The number of carbonyl (C=O) groups is 4. The fourth-order valence-corrected chi connectivity index (χ4v) is 1.23. The fourth-order valence-electron chi connectivity index (χ4n) is 1.23. The van der Waals surface area contributed by atoms with Crippen LogP contribution >= 0.6 is 0 Å². The van der Waals surface area contributed by atoms with E-state index in [-0.39, 0.29) is 18.0 Å². The first kappa shape index (κ1) is 15.4. The van der Waals surface area contributed by atoms with Crippen LogP contribution in [-0.2, 0) is 14.3 Å². The van der Waals surface area contributed by atoms with Crippen molar-refractivity contribution in [3.05, 3.63) is 35.4 Å². The lowest BCUT2D eigenvalue weighted by molar-refractivity contribution is -0.127. The summed E-state index contributed by atoms with van der Waals surface area (Å²) in [6.45, 7) is -0.661. The minimum atomic E-state index is -0.683. The van der Waals surface area contributed by atoms with E-state index >= 15 is 0 Å². The van der Waals surface area contributed by atoms with Gasteiger partial charge in [-0.3, -0.25) is 14.4 Å². The Hall–Kier alpha value is -2.70. The van der Waals surface area contributed by atoms with Crippen LogP contribution in [0, 0.1) is 0 Å². The Labute approximate surface area is 115 Å². The van der Waals surface area contributed by atoms with E-state index in [1.807, 2.05) is 0 Å². The van der Waals surface area contributed by atoms with Crippen LogP contribution in [0.1, 0.15) is 20.7 Å². The van der Waals surface area contributed by atoms with E-state index in [9.17, 15) is 19.2 Å². The highest BCUT2D eigenvalue weighted by atomic mass is 16.5. The second kappa shape index (κ2) is 7.67.